The van der Waals surface area contributed by atoms with Crippen LogP contribution in [0.2, 0.25) is 0 Å². The first-order valence-electron chi connectivity index (χ1n) is 6.87. The molecular formula is C15H23NO2. The second-order valence-corrected chi connectivity index (χ2v) is 4.67. The Bertz CT molecular complexity index is 327. The zero-order chi connectivity index (χ0) is 12.6. The lowest BCUT2D eigenvalue weighted by Gasteiger charge is -2.32. The summed E-state index contributed by atoms with van der Waals surface area (Å²) in [6.07, 6.45) is 2.21. The quantitative estimate of drug-likeness (QED) is 0.836. The van der Waals surface area contributed by atoms with Crippen LogP contribution in [0.5, 0.6) is 0 Å². The number of hydrogen-bond donors (Lipinski definition) is 1. The smallest absolute Gasteiger partial charge is 0.0961 e. The Morgan fingerprint density at radius 3 is 2.94 bits per heavy atom. The zero-order valence-corrected chi connectivity index (χ0v) is 11.1. The Kier molecular flexibility index (Phi) is 5.65. The maximum atomic E-state index is 5.96. The third-order valence-electron chi connectivity index (χ3n) is 3.34. The molecule has 3 heteroatoms. The third kappa shape index (κ3) is 4.09. The summed E-state index contributed by atoms with van der Waals surface area (Å²) in [7, 11) is 0. The number of likely N-dealkylation sites (N-methyl/N-ethyl adjacent to an activating group) is 1. The van der Waals surface area contributed by atoms with Crippen molar-refractivity contribution in [2.45, 2.75) is 31.9 Å². The van der Waals surface area contributed by atoms with Crippen molar-refractivity contribution in [2.75, 3.05) is 26.4 Å². The van der Waals surface area contributed by atoms with E-state index in [1.807, 2.05) is 6.07 Å². The predicted molar refractivity (Wildman–Crippen MR) is 72.8 cm³/mol. The Morgan fingerprint density at radius 1 is 1.33 bits per heavy atom. The average Bonchev–Trinajstić information content (AvgIpc) is 2.42. The van der Waals surface area contributed by atoms with Crippen LogP contribution in [0.3, 0.4) is 0 Å². The van der Waals surface area contributed by atoms with Crippen LogP contribution in [-0.4, -0.2) is 38.5 Å². The number of hydrogen-bond acceptors (Lipinski definition) is 3. The van der Waals surface area contributed by atoms with Crippen molar-refractivity contribution in [3.63, 3.8) is 0 Å². The van der Waals surface area contributed by atoms with Gasteiger partial charge in [0.05, 0.1) is 19.3 Å². The van der Waals surface area contributed by atoms with Gasteiger partial charge in [-0.05, 0) is 24.9 Å². The molecule has 2 rings (SSSR count). The van der Waals surface area contributed by atoms with Crippen molar-refractivity contribution in [1.29, 1.82) is 0 Å². The molecule has 0 spiro atoms. The molecule has 1 heterocycles. The van der Waals surface area contributed by atoms with Crippen LogP contribution in [0.1, 0.15) is 18.9 Å². The topological polar surface area (TPSA) is 30.5 Å². The van der Waals surface area contributed by atoms with E-state index in [1.165, 1.54) is 5.56 Å². The molecule has 2 unspecified atom stereocenters. The van der Waals surface area contributed by atoms with E-state index in [-0.39, 0.29) is 6.10 Å². The SMILES string of the molecule is CCNC1CCOCC1OCCc1ccccc1. The van der Waals surface area contributed by atoms with Gasteiger partial charge in [-0.25, -0.2) is 0 Å². The van der Waals surface area contributed by atoms with Gasteiger partial charge in [0.1, 0.15) is 0 Å². The van der Waals surface area contributed by atoms with Crippen LogP contribution in [-0.2, 0) is 15.9 Å². The van der Waals surface area contributed by atoms with Crippen LogP contribution < -0.4 is 5.32 Å². The molecule has 0 bridgehead atoms. The number of benzene rings is 1. The lowest BCUT2D eigenvalue weighted by Crippen LogP contribution is -2.48. The van der Waals surface area contributed by atoms with Crippen molar-refractivity contribution in [3.8, 4) is 0 Å². The Balaban J connectivity index is 1.74. The maximum absolute atomic E-state index is 5.96. The summed E-state index contributed by atoms with van der Waals surface area (Å²) < 4.78 is 11.5. The first-order chi connectivity index (χ1) is 8.90. The molecule has 2 atom stereocenters. The molecule has 1 aromatic carbocycles. The molecule has 0 radical (unpaired) electrons. The fraction of sp³-hybridized carbons (Fsp3) is 0.600. The summed E-state index contributed by atoms with van der Waals surface area (Å²) >= 11 is 0. The highest BCUT2D eigenvalue weighted by Crippen LogP contribution is 2.12. The summed E-state index contributed by atoms with van der Waals surface area (Å²) in [5.74, 6) is 0. The Labute approximate surface area is 109 Å². The van der Waals surface area contributed by atoms with Crippen LogP contribution in [0.15, 0.2) is 30.3 Å². The molecule has 1 aliphatic heterocycles. The summed E-state index contributed by atoms with van der Waals surface area (Å²) in [6, 6.07) is 10.9. The van der Waals surface area contributed by atoms with Gasteiger partial charge in [0.25, 0.3) is 0 Å². The molecule has 0 saturated carbocycles. The first kappa shape index (κ1) is 13.5. The van der Waals surface area contributed by atoms with E-state index >= 15 is 0 Å². The number of ether oxygens (including phenoxy) is 2. The van der Waals surface area contributed by atoms with Gasteiger partial charge in [0.2, 0.25) is 0 Å². The zero-order valence-electron chi connectivity index (χ0n) is 11.1. The molecule has 1 fully saturated rings. The van der Waals surface area contributed by atoms with E-state index in [4.69, 9.17) is 9.47 Å². The highest BCUT2D eigenvalue weighted by atomic mass is 16.5. The van der Waals surface area contributed by atoms with Gasteiger partial charge in [-0.1, -0.05) is 37.3 Å². The fourth-order valence-corrected chi connectivity index (χ4v) is 2.34. The lowest BCUT2D eigenvalue weighted by atomic mass is 10.1. The molecule has 100 valence electrons. The molecule has 1 aliphatic rings. The van der Waals surface area contributed by atoms with Crippen LogP contribution in [0.25, 0.3) is 0 Å². The minimum Gasteiger partial charge on any atom is -0.379 e. The fourth-order valence-electron chi connectivity index (χ4n) is 2.34. The molecule has 1 N–H and O–H groups in total. The molecule has 0 amide bonds. The Hall–Kier alpha value is -0.900. The summed E-state index contributed by atoms with van der Waals surface area (Å²) in [6.45, 7) is 5.45. The second-order valence-electron chi connectivity index (χ2n) is 4.67. The number of nitrogens with one attached hydrogen (secondary N) is 1. The third-order valence-corrected chi connectivity index (χ3v) is 3.34. The van der Waals surface area contributed by atoms with E-state index in [0.29, 0.717) is 12.6 Å². The van der Waals surface area contributed by atoms with Gasteiger partial charge < -0.3 is 14.8 Å². The van der Waals surface area contributed by atoms with Crippen LogP contribution >= 0.6 is 0 Å². The number of rotatable bonds is 6. The molecule has 0 aromatic heterocycles. The van der Waals surface area contributed by atoms with Gasteiger partial charge in [-0.15, -0.1) is 0 Å². The largest absolute Gasteiger partial charge is 0.379 e. The van der Waals surface area contributed by atoms with Gasteiger partial charge in [-0.2, -0.15) is 0 Å². The van der Waals surface area contributed by atoms with Gasteiger partial charge >= 0.3 is 0 Å². The minimum absolute atomic E-state index is 0.197. The standard InChI is InChI=1S/C15H23NO2/c1-2-16-14-9-10-17-12-15(14)18-11-8-13-6-4-3-5-7-13/h3-7,14-16H,2,8-12H2,1H3. The predicted octanol–water partition coefficient (Wildman–Crippen LogP) is 2.01. The van der Waals surface area contributed by atoms with Crippen molar-refractivity contribution < 1.29 is 9.47 Å². The molecule has 1 aromatic rings. The van der Waals surface area contributed by atoms with E-state index in [2.05, 4.69) is 36.5 Å². The first-order valence-corrected chi connectivity index (χ1v) is 6.87. The maximum Gasteiger partial charge on any atom is 0.0961 e. The molecular weight excluding hydrogens is 226 g/mol. The summed E-state index contributed by atoms with van der Waals surface area (Å²) in [4.78, 5) is 0. The second kappa shape index (κ2) is 7.52. The van der Waals surface area contributed by atoms with E-state index < -0.39 is 0 Å². The van der Waals surface area contributed by atoms with Crippen molar-refractivity contribution in [1.82, 2.24) is 5.32 Å². The molecule has 3 nitrogen and oxygen atoms in total. The highest BCUT2D eigenvalue weighted by molar-refractivity contribution is 5.14. The normalized spacial score (nSPS) is 24.1. The van der Waals surface area contributed by atoms with Crippen molar-refractivity contribution >= 4 is 0 Å². The van der Waals surface area contributed by atoms with Crippen molar-refractivity contribution in [2.24, 2.45) is 0 Å². The van der Waals surface area contributed by atoms with Crippen LogP contribution in [0.4, 0.5) is 0 Å². The lowest BCUT2D eigenvalue weighted by molar-refractivity contribution is -0.0676. The Morgan fingerprint density at radius 2 is 2.17 bits per heavy atom. The monoisotopic (exact) mass is 249 g/mol. The van der Waals surface area contributed by atoms with E-state index in [0.717, 1.165) is 32.6 Å². The molecule has 0 aliphatic carbocycles. The molecule has 1 saturated heterocycles. The van der Waals surface area contributed by atoms with E-state index in [1.54, 1.807) is 0 Å². The average molecular weight is 249 g/mol. The highest BCUT2D eigenvalue weighted by Gasteiger charge is 2.25. The van der Waals surface area contributed by atoms with Gasteiger partial charge in [0.15, 0.2) is 0 Å². The molecule has 18 heavy (non-hydrogen) atoms. The van der Waals surface area contributed by atoms with E-state index in [9.17, 15) is 0 Å². The van der Waals surface area contributed by atoms with Gasteiger partial charge in [0, 0.05) is 12.6 Å². The summed E-state index contributed by atoms with van der Waals surface area (Å²) in [5, 5.41) is 3.48. The van der Waals surface area contributed by atoms with Gasteiger partial charge in [-0.3, -0.25) is 0 Å². The summed E-state index contributed by atoms with van der Waals surface area (Å²) in [5.41, 5.74) is 1.33. The van der Waals surface area contributed by atoms with Crippen molar-refractivity contribution in [3.05, 3.63) is 35.9 Å². The van der Waals surface area contributed by atoms with Crippen LogP contribution in [0, 0.1) is 0 Å². The minimum atomic E-state index is 0.197.